The van der Waals surface area contributed by atoms with Crippen LogP contribution in [-0.2, 0) is 9.09 Å². The third-order valence-corrected chi connectivity index (χ3v) is 7.48. The van der Waals surface area contributed by atoms with E-state index in [0.717, 1.165) is 31.4 Å². The Labute approximate surface area is 155 Å². The van der Waals surface area contributed by atoms with Gasteiger partial charge in [0.2, 0.25) is 0 Å². The van der Waals surface area contributed by atoms with E-state index in [1.54, 1.807) is 24.5 Å². The quantitative estimate of drug-likeness (QED) is 0.772. The van der Waals surface area contributed by atoms with Crippen LogP contribution in [-0.4, -0.2) is 30.3 Å². The summed E-state index contributed by atoms with van der Waals surface area (Å²) in [5, 5.41) is 11.5. The van der Waals surface area contributed by atoms with E-state index < -0.39 is 13.2 Å². The second kappa shape index (κ2) is 8.34. The number of rotatable bonds is 6. The fourth-order valence-electron chi connectivity index (χ4n) is 3.34. The van der Waals surface area contributed by atoms with Gasteiger partial charge in [-0.1, -0.05) is 19.3 Å². The standard InChI is InChI=1S/C20H27N2O3P/c1-22(2)17-8-10-19(11-9-17)26(24,25-18-6-4-3-5-7-18)20(23)16-12-14-21-15-13-16/h8-15,18,20,23H,3-7H2,1-2H3/t20-,26-/m0/s1. The molecule has 26 heavy (non-hydrogen) atoms. The number of anilines is 1. The summed E-state index contributed by atoms with van der Waals surface area (Å²) in [6.45, 7) is 0. The van der Waals surface area contributed by atoms with Gasteiger partial charge in [-0.25, -0.2) is 0 Å². The van der Waals surface area contributed by atoms with Gasteiger partial charge < -0.3 is 14.5 Å². The van der Waals surface area contributed by atoms with Crippen molar-refractivity contribution >= 4 is 18.4 Å². The fourth-order valence-corrected chi connectivity index (χ4v) is 5.64. The summed E-state index contributed by atoms with van der Waals surface area (Å²) in [5.41, 5.74) is 1.58. The number of aliphatic hydroxyl groups is 1. The van der Waals surface area contributed by atoms with Crippen molar-refractivity contribution in [3.8, 4) is 0 Å². The SMILES string of the molecule is CN(C)c1ccc([P@](=O)(OC2CCCCC2)[C@H](O)c2ccncc2)cc1. The number of aromatic nitrogens is 1. The van der Waals surface area contributed by atoms with Crippen molar-refractivity contribution < 1.29 is 14.2 Å². The molecule has 1 aliphatic carbocycles. The minimum atomic E-state index is -3.49. The van der Waals surface area contributed by atoms with Crippen LogP contribution in [0.3, 0.4) is 0 Å². The molecule has 1 N–H and O–H groups in total. The predicted octanol–water partition coefficient (Wildman–Crippen LogP) is 4.09. The Morgan fingerprint density at radius 3 is 2.27 bits per heavy atom. The van der Waals surface area contributed by atoms with E-state index in [4.69, 9.17) is 4.52 Å². The zero-order chi connectivity index (χ0) is 18.6. The first-order valence-corrected chi connectivity index (χ1v) is 10.8. The number of nitrogens with zero attached hydrogens (tertiary/aromatic N) is 2. The monoisotopic (exact) mass is 374 g/mol. The van der Waals surface area contributed by atoms with Crippen molar-refractivity contribution in [2.45, 2.75) is 44.1 Å². The minimum Gasteiger partial charge on any atom is -0.378 e. The maximum absolute atomic E-state index is 14.0. The smallest absolute Gasteiger partial charge is 0.264 e. The van der Waals surface area contributed by atoms with Crippen LogP contribution < -0.4 is 10.2 Å². The molecule has 1 saturated carbocycles. The molecule has 1 aliphatic rings. The van der Waals surface area contributed by atoms with Crippen molar-refractivity contribution in [2.24, 2.45) is 0 Å². The highest BCUT2D eigenvalue weighted by Crippen LogP contribution is 2.59. The highest BCUT2D eigenvalue weighted by Gasteiger charge is 2.39. The first-order chi connectivity index (χ1) is 12.5. The molecule has 0 aliphatic heterocycles. The average molecular weight is 374 g/mol. The molecule has 0 radical (unpaired) electrons. The van der Waals surface area contributed by atoms with Crippen LogP contribution in [0.4, 0.5) is 5.69 Å². The summed E-state index contributed by atoms with van der Waals surface area (Å²) in [6.07, 6.45) is 8.25. The first kappa shape index (κ1) is 19.1. The van der Waals surface area contributed by atoms with Crippen LogP contribution in [0.2, 0.25) is 0 Å². The summed E-state index contributed by atoms with van der Waals surface area (Å²) in [5.74, 6) is -1.20. The Bertz CT molecular complexity index is 743. The molecule has 0 unspecified atom stereocenters. The minimum absolute atomic E-state index is 0.0698. The second-order valence-electron chi connectivity index (χ2n) is 7.03. The summed E-state index contributed by atoms with van der Waals surface area (Å²) >= 11 is 0. The lowest BCUT2D eigenvalue weighted by Crippen LogP contribution is -2.22. The highest BCUT2D eigenvalue weighted by atomic mass is 31.2. The van der Waals surface area contributed by atoms with Gasteiger partial charge in [-0.05, 0) is 54.8 Å². The molecule has 6 heteroatoms. The lowest BCUT2D eigenvalue weighted by atomic mass is 9.98. The van der Waals surface area contributed by atoms with Crippen LogP contribution in [0.25, 0.3) is 0 Å². The topological polar surface area (TPSA) is 62.7 Å². The van der Waals surface area contributed by atoms with E-state index in [9.17, 15) is 9.67 Å². The zero-order valence-electron chi connectivity index (χ0n) is 15.4. The molecule has 1 heterocycles. The lowest BCUT2D eigenvalue weighted by molar-refractivity contribution is 0.137. The second-order valence-corrected chi connectivity index (χ2v) is 9.44. The van der Waals surface area contributed by atoms with Gasteiger partial charge in [0.15, 0.2) is 5.85 Å². The van der Waals surface area contributed by atoms with Gasteiger partial charge in [0.1, 0.15) is 0 Å². The van der Waals surface area contributed by atoms with E-state index in [1.807, 2.05) is 43.3 Å². The molecular formula is C20H27N2O3P. The van der Waals surface area contributed by atoms with E-state index in [1.165, 1.54) is 6.42 Å². The van der Waals surface area contributed by atoms with Crippen LogP contribution >= 0.6 is 7.37 Å². The van der Waals surface area contributed by atoms with Crippen LogP contribution in [0, 0.1) is 0 Å². The number of hydrogen-bond donors (Lipinski definition) is 1. The fraction of sp³-hybridized carbons (Fsp3) is 0.450. The Balaban J connectivity index is 1.96. The normalized spacial score (nSPS) is 18.9. The van der Waals surface area contributed by atoms with Gasteiger partial charge in [0.05, 0.1) is 6.10 Å². The molecule has 3 rings (SSSR count). The molecule has 1 aromatic heterocycles. The van der Waals surface area contributed by atoms with Crippen molar-refractivity contribution in [2.75, 3.05) is 19.0 Å². The number of pyridine rings is 1. The zero-order valence-corrected chi connectivity index (χ0v) is 16.3. The number of aliphatic hydroxyl groups excluding tert-OH is 1. The van der Waals surface area contributed by atoms with E-state index in [0.29, 0.717) is 10.9 Å². The third-order valence-electron chi connectivity index (χ3n) is 4.91. The molecule has 140 valence electrons. The van der Waals surface area contributed by atoms with Gasteiger partial charge >= 0.3 is 0 Å². The highest BCUT2D eigenvalue weighted by molar-refractivity contribution is 7.67. The van der Waals surface area contributed by atoms with E-state index >= 15 is 0 Å². The average Bonchev–Trinajstić information content (AvgIpc) is 2.69. The van der Waals surface area contributed by atoms with Gasteiger partial charge in [-0.15, -0.1) is 0 Å². The third kappa shape index (κ3) is 4.17. The van der Waals surface area contributed by atoms with Gasteiger partial charge in [-0.2, -0.15) is 0 Å². The van der Waals surface area contributed by atoms with Gasteiger partial charge in [-0.3, -0.25) is 9.55 Å². The molecule has 1 aromatic carbocycles. The molecule has 2 aromatic rings. The molecule has 1 fully saturated rings. The maximum Gasteiger partial charge on any atom is 0.264 e. The Morgan fingerprint density at radius 1 is 1.08 bits per heavy atom. The predicted molar refractivity (Wildman–Crippen MR) is 105 cm³/mol. The molecule has 0 bridgehead atoms. The summed E-state index contributed by atoms with van der Waals surface area (Å²) in [7, 11) is 0.421. The van der Waals surface area contributed by atoms with E-state index in [2.05, 4.69) is 4.98 Å². The largest absolute Gasteiger partial charge is 0.378 e. The molecule has 5 nitrogen and oxygen atoms in total. The van der Waals surface area contributed by atoms with Crippen molar-refractivity contribution in [1.29, 1.82) is 0 Å². The molecule has 0 spiro atoms. The lowest BCUT2D eigenvalue weighted by Gasteiger charge is -2.31. The Morgan fingerprint density at radius 2 is 1.69 bits per heavy atom. The van der Waals surface area contributed by atoms with Crippen molar-refractivity contribution in [3.05, 3.63) is 54.4 Å². The molecule has 0 amide bonds. The Hall–Kier alpha value is -1.68. The summed E-state index contributed by atoms with van der Waals surface area (Å²) in [6, 6.07) is 10.8. The molecule has 0 saturated heterocycles. The number of benzene rings is 1. The molecular weight excluding hydrogens is 347 g/mol. The summed E-state index contributed by atoms with van der Waals surface area (Å²) in [4.78, 5) is 5.96. The summed E-state index contributed by atoms with van der Waals surface area (Å²) < 4.78 is 20.1. The van der Waals surface area contributed by atoms with Crippen LogP contribution in [0.5, 0.6) is 0 Å². The molecule has 2 atom stereocenters. The van der Waals surface area contributed by atoms with Crippen LogP contribution in [0.1, 0.15) is 43.5 Å². The van der Waals surface area contributed by atoms with Crippen molar-refractivity contribution in [3.63, 3.8) is 0 Å². The van der Waals surface area contributed by atoms with Gasteiger partial charge in [0, 0.05) is 37.5 Å². The van der Waals surface area contributed by atoms with Crippen LogP contribution in [0.15, 0.2) is 48.8 Å². The van der Waals surface area contributed by atoms with Gasteiger partial charge in [0.25, 0.3) is 7.37 Å². The number of hydrogen-bond acceptors (Lipinski definition) is 5. The Kier molecular flexibility index (Phi) is 6.13. The van der Waals surface area contributed by atoms with E-state index in [-0.39, 0.29) is 6.10 Å². The van der Waals surface area contributed by atoms with Crippen molar-refractivity contribution in [1.82, 2.24) is 4.98 Å². The first-order valence-electron chi connectivity index (χ1n) is 9.15. The maximum atomic E-state index is 14.0.